The van der Waals surface area contributed by atoms with E-state index in [2.05, 4.69) is 5.32 Å². The number of allylic oxidation sites excluding steroid dienone is 1. The van der Waals surface area contributed by atoms with E-state index < -0.39 is 0 Å². The van der Waals surface area contributed by atoms with Crippen LogP contribution in [0.5, 0.6) is 0 Å². The summed E-state index contributed by atoms with van der Waals surface area (Å²) in [6, 6.07) is 14.8. The van der Waals surface area contributed by atoms with Gasteiger partial charge in [0.1, 0.15) is 5.82 Å². The summed E-state index contributed by atoms with van der Waals surface area (Å²) < 4.78 is 13.0. The standard InChI is InChI=1S/C17H13FN2O/c1-20-17(21)14-4-2-3-13(11-14)16(9-10-19)12-5-7-15(18)8-6-12/h2-9,11H,1H3,(H,20,21)/b16-9-. The molecule has 2 aromatic rings. The molecule has 2 aromatic carbocycles. The van der Waals surface area contributed by atoms with Gasteiger partial charge in [0.2, 0.25) is 0 Å². The van der Waals surface area contributed by atoms with Crippen molar-refractivity contribution in [2.45, 2.75) is 0 Å². The first-order valence-corrected chi connectivity index (χ1v) is 6.34. The van der Waals surface area contributed by atoms with Crippen molar-refractivity contribution in [2.75, 3.05) is 7.05 Å². The van der Waals surface area contributed by atoms with Crippen LogP contribution in [-0.2, 0) is 0 Å². The van der Waals surface area contributed by atoms with Gasteiger partial charge in [-0.3, -0.25) is 4.79 Å². The number of rotatable bonds is 3. The van der Waals surface area contributed by atoms with E-state index >= 15 is 0 Å². The maximum Gasteiger partial charge on any atom is 0.251 e. The van der Waals surface area contributed by atoms with Crippen LogP contribution in [0.4, 0.5) is 4.39 Å². The molecule has 0 bridgehead atoms. The first-order chi connectivity index (χ1) is 10.2. The molecule has 0 saturated carbocycles. The Morgan fingerprint density at radius 2 is 1.81 bits per heavy atom. The molecule has 0 aliphatic carbocycles. The number of nitriles is 1. The number of nitrogens with zero attached hydrogens (tertiary/aromatic N) is 1. The average Bonchev–Trinajstić information content (AvgIpc) is 2.53. The maximum absolute atomic E-state index is 13.0. The number of carbonyl (C=O) groups excluding carboxylic acids is 1. The Hall–Kier alpha value is -2.93. The monoisotopic (exact) mass is 280 g/mol. The van der Waals surface area contributed by atoms with Gasteiger partial charge in [0, 0.05) is 18.7 Å². The third-order valence-electron chi connectivity index (χ3n) is 3.03. The summed E-state index contributed by atoms with van der Waals surface area (Å²) in [7, 11) is 1.56. The highest BCUT2D eigenvalue weighted by Crippen LogP contribution is 2.24. The van der Waals surface area contributed by atoms with Crippen LogP contribution in [0, 0.1) is 17.1 Å². The summed E-state index contributed by atoms with van der Waals surface area (Å²) in [6.07, 6.45) is 1.39. The van der Waals surface area contributed by atoms with Crippen molar-refractivity contribution in [1.82, 2.24) is 5.32 Å². The lowest BCUT2D eigenvalue weighted by molar-refractivity contribution is 0.0963. The number of carbonyl (C=O) groups is 1. The fourth-order valence-electron chi connectivity index (χ4n) is 2.00. The van der Waals surface area contributed by atoms with Crippen LogP contribution < -0.4 is 5.32 Å². The molecule has 2 rings (SSSR count). The second-order valence-electron chi connectivity index (χ2n) is 4.35. The van der Waals surface area contributed by atoms with Gasteiger partial charge in [0.15, 0.2) is 0 Å². The minimum Gasteiger partial charge on any atom is -0.355 e. The van der Waals surface area contributed by atoms with E-state index in [9.17, 15) is 9.18 Å². The second-order valence-corrected chi connectivity index (χ2v) is 4.35. The Balaban J connectivity index is 2.49. The zero-order valence-electron chi connectivity index (χ0n) is 11.4. The van der Waals surface area contributed by atoms with Crippen molar-refractivity contribution in [3.05, 3.63) is 77.1 Å². The number of hydrogen-bond acceptors (Lipinski definition) is 2. The molecule has 0 atom stereocenters. The van der Waals surface area contributed by atoms with Gasteiger partial charge in [-0.25, -0.2) is 4.39 Å². The second kappa shape index (κ2) is 6.49. The number of amides is 1. The molecule has 0 heterocycles. The highest BCUT2D eigenvalue weighted by atomic mass is 19.1. The molecule has 3 nitrogen and oxygen atoms in total. The highest BCUT2D eigenvalue weighted by Gasteiger charge is 2.09. The normalized spacial score (nSPS) is 10.8. The first kappa shape index (κ1) is 14.5. The number of hydrogen-bond donors (Lipinski definition) is 1. The van der Waals surface area contributed by atoms with Gasteiger partial charge in [-0.2, -0.15) is 5.26 Å². The van der Waals surface area contributed by atoms with E-state index in [4.69, 9.17) is 5.26 Å². The quantitative estimate of drug-likeness (QED) is 0.878. The largest absolute Gasteiger partial charge is 0.355 e. The summed E-state index contributed by atoms with van der Waals surface area (Å²) in [6.45, 7) is 0. The van der Waals surface area contributed by atoms with Crippen LogP contribution in [0.25, 0.3) is 5.57 Å². The number of halogens is 1. The molecule has 104 valence electrons. The lowest BCUT2D eigenvalue weighted by Crippen LogP contribution is -2.17. The Morgan fingerprint density at radius 3 is 2.43 bits per heavy atom. The molecule has 0 aliphatic heterocycles. The van der Waals surface area contributed by atoms with E-state index in [1.165, 1.54) is 18.2 Å². The first-order valence-electron chi connectivity index (χ1n) is 6.34. The summed E-state index contributed by atoms with van der Waals surface area (Å²) in [5.41, 5.74) is 2.58. The molecule has 0 unspecified atom stereocenters. The number of benzene rings is 2. The van der Waals surface area contributed by atoms with E-state index in [0.29, 0.717) is 16.7 Å². The van der Waals surface area contributed by atoms with Crippen molar-refractivity contribution in [1.29, 1.82) is 5.26 Å². The van der Waals surface area contributed by atoms with Gasteiger partial charge in [-0.1, -0.05) is 24.3 Å². The Bertz CT molecular complexity index is 727. The lowest BCUT2D eigenvalue weighted by Gasteiger charge is -2.09. The third kappa shape index (κ3) is 3.34. The summed E-state index contributed by atoms with van der Waals surface area (Å²) in [4.78, 5) is 11.7. The van der Waals surface area contributed by atoms with Crippen LogP contribution in [0.15, 0.2) is 54.6 Å². The van der Waals surface area contributed by atoms with Gasteiger partial charge in [-0.15, -0.1) is 0 Å². The van der Waals surface area contributed by atoms with Gasteiger partial charge < -0.3 is 5.32 Å². The predicted octanol–water partition coefficient (Wildman–Crippen LogP) is 3.14. The van der Waals surface area contributed by atoms with Gasteiger partial charge in [0.25, 0.3) is 5.91 Å². The van der Waals surface area contributed by atoms with E-state index in [1.807, 2.05) is 6.07 Å². The fourth-order valence-corrected chi connectivity index (χ4v) is 2.00. The van der Waals surface area contributed by atoms with Crippen LogP contribution in [-0.4, -0.2) is 13.0 Å². The van der Waals surface area contributed by atoms with Crippen LogP contribution in [0.1, 0.15) is 21.5 Å². The molecule has 0 aliphatic rings. The van der Waals surface area contributed by atoms with E-state index in [1.54, 1.807) is 43.4 Å². The maximum atomic E-state index is 13.0. The summed E-state index contributed by atoms with van der Waals surface area (Å²) >= 11 is 0. The topological polar surface area (TPSA) is 52.9 Å². The Labute approximate surface area is 122 Å². The van der Waals surface area contributed by atoms with Crippen molar-refractivity contribution in [2.24, 2.45) is 0 Å². The molecule has 0 saturated heterocycles. The molecule has 4 heteroatoms. The molecule has 1 amide bonds. The lowest BCUT2D eigenvalue weighted by atomic mass is 9.96. The van der Waals surface area contributed by atoms with Crippen LogP contribution in [0.2, 0.25) is 0 Å². The molecule has 0 fully saturated rings. The third-order valence-corrected chi connectivity index (χ3v) is 3.03. The van der Waals surface area contributed by atoms with Crippen molar-refractivity contribution < 1.29 is 9.18 Å². The molecule has 1 N–H and O–H groups in total. The zero-order valence-corrected chi connectivity index (χ0v) is 11.4. The van der Waals surface area contributed by atoms with Gasteiger partial charge in [-0.05, 0) is 41.0 Å². The van der Waals surface area contributed by atoms with Crippen molar-refractivity contribution in [3.63, 3.8) is 0 Å². The predicted molar refractivity (Wildman–Crippen MR) is 78.9 cm³/mol. The minimum atomic E-state index is -0.339. The van der Waals surface area contributed by atoms with E-state index in [0.717, 1.165) is 5.56 Å². The molecule has 0 spiro atoms. The molecular weight excluding hydrogens is 267 g/mol. The fraction of sp³-hybridized carbons (Fsp3) is 0.0588. The van der Waals surface area contributed by atoms with Crippen molar-refractivity contribution >= 4 is 11.5 Å². The number of nitrogens with one attached hydrogen (secondary N) is 1. The summed E-state index contributed by atoms with van der Waals surface area (Å²) in [5, 5.41) is 11.5. The van der Waals surface area contributed by atoms with E-state index in [-0.39, 0.29) is 11.7 Å². The molecular formula is C17H13FN2O. The minimum absolute atomic E-state index is 0.202. The van der Waals surface area contributed by atoms with Crippen molar-refractivity contribution in [3.8, 4) is 6.07 Å². The Morgan fingerprint density at radius 1 is 1.14 bits per heavy atom. The molecule has 0 radical (unpaired) electrons. The SMILES string of the molecule is CNC(=O)c1cccc(/C(=C\C#N)c2ccc(F)cc2)c1. The summed E-state index contributed by atoms with van der Waals surface area (Å²) in [5.74, 6) is -0.540. The Kier molecular flexibility index (Phi) is 4.47. The molecule has 0 aromatic heterocycles. The van der Waals surface area contributed by atoms with Gasteiger partial charge in [0.05, 0.1) is 6.07 Å². The highest BCUT2D eigenvalue weighted by molar-refractivity contribution is 5.95. The van der Waals surface area contributed by atoms with Crippen LogP contribution >= 0.6 is 0 Å². The smallest absolute Gasteiger partial charge is 0.251 e. The molecule has 21 heavy (non-hydrogen) atoms. The van der Waals surface area contributed by atoms with Crippen LogP contribution in [0.3, 0.4) is 0 Å². The average molecular weight is 280 g/mol. The van der Waals surface area contributed by atoms with Gasteiger partial charge >= 0.3 is 0 Å². The zero-order chi connectivity index (χ0) is 15.2.